The monoisotopic (exact) mass is 292 g/mol. The fourth-order valence-electron chi connectivity index (χ4n) is 2.31. The summed E-state index contributed by atoms with van der Waals surface area (Å²) in [5, 5.41) is 3.56. The molecule has 1 atom stereocenters. The Morgan fingerprint density at radius 1 is 1.45 bits per heavy atom. The van der Waals surface area contributed by atoms with Crippen LogP contribution in [0.15, 0.2) is 24.3 Å². The van der Waals surface area contributed by atoms with Gasteiger partial charge in [0.2, 0.25) is 5.91 Å². The van der Waals surface area contributed by atoms with Gasteiger partial charge in [0.05, 0.1) is 4.88 Å². The lowest BCUT2D eigenvalue weighted by atomic mass is 10.2. The lowest BCUT2D eigenvalue weighted by Crippen LogP contribution is -2.55. The van der Waals surface area contributed by atoms with Gasteiger partial charge in [-0.2, -0.15) is 0 Å². The van der Waals surface area contributed by atoms with E-state index in [-0.39, 0.29) is 17.6 Å². The van der Waals surface area contributed by atoms with Crippen LogP contribution in [-0.2, 0) is 4.79 Å². The van der Waals surface area contributed by atoms with Crippen molar-refractivity contribution in [3.05, 3.63) is 35.0 Å². The van der Waals surface area contributed by atoms with E-state index in [1.807, 2.05) is 0 Å². The molecule has 0 spiro atoms. The lowest BCUT2D eigenvalue weighted by molar-refractivity contribution is -0.127. The third-order valence-corrected chi connectivity index (χ3v) is 4.54. The highest BCUT2D eigenvalue weighted by molar-refractivity contribution is 7.20. The number of halogens is 1. The number of nitrogens with zero attached hydrogens (tertiary/aromatic N) is 1. The molecular weight excluding hydrogens is 279 g/mol. The van der Waals surface area contributed by atoms with Gasteiger partial charge in [0.1, 0.15) is 11.9 Å². The van der Waals surface area contributed by atoms with E-state index in [1.165, 1.54) is 23.5 Å². The second kappa shape index (κ2) is 4.86. The maximum atomic E-state index is 13.2. The highest BCUT2D eigenvalue weighted by atomic mass is 32.1. The predicted molar refractivity (Wildman–Crippen MR) is 75.3 cm³/mol. The zero-order valence-electron chi connectivity index (χ0n) is 10.9. The molecule has 0 radical (unpaired) electrons. The summed E-state index contributed by atoms with van der Waals surface area (Å²) in [7, 11) is 0. The Hall–Kier alpha value is -1.95. The van der Waals surface area contributed by atoms with Crippen molar-refractivity contribution in [3.8, 4) is 0 Å². The van der Waals surface area contributed by atoms with E-state index in [0.717, 1.165) is 10.1 Å². The number of rotatable bonds is 1. The minimum Gasteiger partial charge on any atom is -0.353 e. The fraction of sp³-hybridized carbons (Fsp3) is 0.286. The number of amides is 2. The molecule has 0 bridgehead atoms. The van der Waals surface area contributed by atoms with Crippen molar-refractivity contribution in [2.45, 2.75) is 13.0 Å². The zero-order valence-corrected chi connectivity index (χ0v) is 11.7. The molecule has 1 N–H and O–H groups in total. The van der Waals surface area contributed by atoms with Gasteiger partial charge in [0.15, 0.2) is 0 Å². The Balaban J connectivity index is 1.93. The van der Waals surface area contributed by atoms with Gasteiger partial charge in [0.25, 0.3) is 5.91 Å². The minimum absolute atomic E-state index is 0.142. The number of hydrogen-bond acceptors (Lipinski definition) is 3. The molecule has 0 saturated carbocycles. The number of benzene rings is 1. The van der Waals surface area contributed by atoms with Gasteiger partial charge in [-0.3, -0.25) is 9.59 Å². The molecule has 1 aromatic carbocycles. The van der Waals surface area contributed by atoms with Crippen LogP contribution in [-0.4, -0.2) is 35.8 Å². The first-order chi connectivity index (χ1) is 9.56. The molecule has 20 heavy (non-hydrogen) atoms. The molecule has 4 nitrogen and oxygen atoms in total. The normalized spacial score (nSPS) is 19.2. The smallest absolute Gasteiger partial charge is 0.264 e. The Bertz CT molecular complexity index is 698. The average molecular weight is 292 g/mol. The Morgan fingerprint density at radius 2 is 2.25 bits per heavy atom. The van der Waals surface area contributed by atoms with Crippen molar-refractivity contribution in [2.75, 3.05) is 13.1 Å². The topological polar surface area (TPSA) is 49.4 Å². The number of piperazine rings is 1. The molecule has 104 valence electrons. The summed E-state index contributed by atoms with van der Waals surface area (Å²) in [6, 6.07) is 5.73. The van der Waals surface area contributed by atoms with Crippen LogP contribution in [0.25, 0.3) is 10.1 Å². The first-order valence-corrected chi connectivity index (χ1v) is 7.15. The van der Waals surface area contributed by atoms with E-state index in [1.54, 1.807) is 24.0 Å². The van der Waals surface area contributed by atoms with Gasteiger partial charge in [-0.25, -0.2) is 4.39 Å². The number of carbonyl (C=O) groups is 2. The average Bonchev–Trinajstić information content (AvgIpc) is 2.84. The molecule has 3 rings (SSSR count). The van der Waals surface area contributed by atoms with E-state index < -0.39 is 6.04 Å². The van der Waals surface area contributed by atoms with E-state index in [0.29, 0.717) is 18.0 Å². The highest BCUT2D eigenvalue weighted by Gasteiger charge is 2.30. The van der Waals surface area contributed by atoms with Crippen molar-refractivity contribution >= 4 is 33.2 Å². The number of carbonyl (C=O) groups excluding carboxylic acids is 2. The molecule has 6 heteroatoms. The number of nitrogens with one attached hydrogen (secondary N) is 1. The van der Waals surface area contributed by atoms with Gasteiger partial charge in [-0.1, -0.05) is 6.07 Å². The van der Waals surface area contributed by atoms with E-state index in [4.69, 9.17) is 0 Å². The Labute approximate surface area is 119 Å². The van der Waals surface area contributed by atoms with Gasteiger partial charge in [0, 0.05) is 17.8 Å². The highest BCUT2D eigenvalue weighted by Crippen LogP contribution is 2.28. The molecule has 1 unspecified atom stereocenters. The molecule has 2 amide bonds. The van der Waals surface area contributed by atoms with Gasteiger partial charge in [-0.05, 0) is 30.5 Å². The maximum absolute atomic E-state index is 13.2. The summed E-state index contributed by atoms with van der Waals surface area (Å²) in [6.07, 6.45) is 0. The van der Waals surface area contributed by atoms with Crippen LogP contribution in [0.4, 0.5) is 4.39 Å². The number of thiophene rings is 1. The SMILES string of the molecule is CC1C(=O)NCCN1C(=O)c1cc2ccc(F)cc2s1. The molecule has 1 aromatic heterocycles. The molecule has 2 heterocycles. The second-order valence-electron chi connectivity index (χ2n) is 4.76. The summed E-state index contributed by atoms with van der Waals surface area (Å²) in [5.74, 6) is -0.630. The molecule has 1 aliphatic heterocycles. The van der Waals surface area contributed by atoms with E-state index in [2.05, 4.69) is 5.32 Å². The summed E-state index contributed by atoms with van der Waals surface area (Å²) in [6.45, 7) is 2.67. The molecule has 1 saturated heterocycles. The van der Waals surface area contributed by atoms with Crippen LogP contribution >= 0.6 is 11.3 Å². The van der Waals surface area contributed by atoms with Crippen LogP contribution < -0.4 is 5.32 Å². The van der Waals surface area contributed by atoms with Gasteiger partial charge >= 0.3 is 0 Å². The van der Waals surface area contributed by atoms with Crippen LogP contribution in [0, 0.1) is 5.82 Å². The largest absolute Gasteiger partial charge is 0.353 e. The van der Waals surface area contributed by atoms with Crippen molar-refractivity contribution < 1.29 is 14.0 Å². The lowest BCUT2D eigenvalue weighted by Gasteiger charge is -2.32. The van der Waals surface area contributed by atoms with Crippen LogP contribution in [0.1, 0.15) is 16.6 Å². The third kappa shape index (κ3) is 2.16. The summed E-state index contributed by atoms with van der Waals surface area (Å²) in [5.41, 5.74) is 0. The molecule has 2 aromatic rings. The van der Waals surface area contributed by atoms with Gasteiger partial charge < -0.3 is 10.2 Å². The molecule has 1 fully saturated rings. The van der Waals surface area contributed by atoms with Crippen molar-refractivity contribution in [1.82, 2.24) is 10.2 Å². The van der Waals surface area contributed by atoms with Crippen molar-refractivity contribution in [2.24, 2.45) is 0 Å². The molecule has 0 aliphatic carbocycles. The molecular formula is C14H13FN2O2S. The second-order valence-corrected chi connectivity index (χ2v) is 5.84. The maximum Gasteiger partial charge on any atom is 0.264 e. The standard InChI is InChI=1S/C14H13FN2O2S/c1-8-13(18)16-4-5-17(8)14(19)12-6-9-2-3-10(15)7-11(9)20-12/h2-3,6-8H,4-5H2,1H3,(H,16,18). The summed E-state index contributed by atoms with van der Waals surface area (Å²) >= 11 is 1.25. The summed E-state index contributed by atoms with van der Waals surface area (Å²) < 4.78 is 13.9. The first kappa shape index (κ1) is 13.1. The number of fused-ring (bicyclic) bond motifs is 1. The molecule has 1 aliphatic rings. The zero-order chi connectivity index (χ0) is 14.3. The van der Waals surface area contributed by atoms with E-state index in [9.17, 15) is 14.0 Å². The van der Waals surface area contributed by atoms with Gasteiger partial charge in [-0.15, -0.1) is 11.3 Å². The predicted octanol–water partition coefficient (Wildman–Crippen LogP) is 2.00. The Morgan fingerprint density at radius 3 is 3.05 bits per heavy atom. The van der Waals surface area contributed by atoms with Crippen molar-refractivity contribution in [1.29, 1.82) is 0 Å². The van der Waals surface area contributed by atoms with Crippen molar-refractivity contribution in [3.63, 3.8) is 0 Å². The Kier molecular flexibility index (Phi) is 3.17. The summed E-state index contributed by atoms with van der Waals surface area (Å²) in [4.78, 5) is 26.2. The van der Waals surface area contributed by atoms with E-state index >= 15 is 0 Å². The third-order valence-electron chi connectivity index (χ3n) is 3.45. The van der Waals surface area contributed by atoms with Crippen LogP contribution in [0.3, 0.4) is 0 Å². The first-order valence-electron chi connectivity index (χ1n) is 6.34. The quantitative estimate of drug-likeness (QED) is 0.874. The fourth-order valence-corrected chi connectivity index (χ4v) is 3.36. The van der Waals surface area contributed by atoms with Crippen LogP contribution in [0.2, 0.25) is 0 Å². The minimum atomic E-state index is -0.474. The number of hydrogen-bond donors (Lipinski definition) is 1. The van der Waals surface area contributed by atoms with Crippen LogP contribution in [0.5, 0.6) is 0 Å².